The van der Waals surface area contributed by atoms with Crippen LogP contribution in [0.15, 0.2) is 66.7 Å². The lowest BCUT2D eigenvalue weighted by atomic mass is 9.62. The molecule has 0 aliphatic carbocycles. The number of nitriles is 1. The number of nitrogens with zero attached hydrogens (tertiary/aromatic N) is 1. The highest BCUT2D eigenvalue weighted by molar-refractivity contribution is 5.90. The normalized spacial score (nSPS) is 14.6. The molecule has 0 bridgehead atoms. The van der Waals surface area contributed by atoms with Crippen molar-refractivity contribution >= 4 is 35.6 Å². The lowest BCUT2D eigenvalue weighted by molar-refractivity contribution is -0.166. The number of allylic oxidation sites excluding steroid dienone is 1. The topological polar surface area (TPSA) is 149 Å². The van der Waals surface area contributed by atoms with Gasteiger partial charge in [0.2, 0.25) is 6.79 Å². The van der Waals surface area contributed by atoms with Gasteiger partial charge < -0.3 is 37.9 Å². The number of fused-ring (bicyclic) bond motifs is 1. The fourth-order valence-corrected chi connectivity index (χ4v) is 10.1. The van der Waals surface area contributed by atoms with Crippen molar-refractivity contribution in [1.29, 1.82) is 5.26 Å². The van der Waals surface area contributed by atoms with Crippen molar-refractivity contribution in [3.63, 3.8) is 0 Å². The molecule has 4 rings (SSSR count). The number of unbranched alkanes of at least 4 members (excludes halogenated alkanes) is 11. The second kappa shape index (κ2) is 30.6. The van der Waals surface area contributed by atoms with Gasteiger partial charge in [-0.25, -0.2) is 4.79 Å². The Morgan fingerprint density at radius 2 is 1.17 bits per heavy atom. The average molecular weight is 1040 g/mol. The Bertz CT molecular complexity index is 2350. The summed E-state index contributed by atoms with van der Waals surface area (Å²) in [5.41, 5.74) is 1.17. The molecule has 0 saturated heterocycles. The van der Waals surface area contributed by atoms with E-state index in [9.17, 15) is 19.6 Å². The number of carbonyl (C=O) groups is 3. The number of benzene rings is 3. The molecule has 3 aromatic carbocycles. The summed E-state index contributed by atoms with van der Waals surface area (Å²) in [4.78, 5) is 39.5. The maximum Gasteiger partial charge on any atom is 0.330 e. The first-order chi connectivity index (χ1) is 35.7. The van der Waals surface area contributed by atoms with Crippen LogP contribution in [0.4, 0.5) is 0 Å². The molecule has 3 unspecified atom stereocenters. The summed E-state index contributed by atoms with van der Waals surface area (Å²) in [6, 6.07) is 21.0. The van der Waals surface area contributed by atoms with Crippen molar-refractivity contribution in [2.45, 2.75) is 165 Å². The molecule has 12 nitrogen and oxygen atoms in total. The molecule has 1 aliphatic heterocycles. The van der Waals surface area contributed by atoms with Gasteiger partial charge in [0.25, 0.3) is 0 Å². The standard InChI is InChI=1S/C63H89NO11/c1-47(63(9,45-61(5,6)7)59(67)73-38-24-20-19-21-35-70-52-30-25-48(26-31-52)28-34-57(65)69-11)42-62(8,44-60(2,3)4)58(66)72-37-23-18-16-14-12-13-15-17-22-36-71-53-32-27-49(40-55(53)68-10)39-51(43-64)50-29-33-54-56(41-50)75-46-74-54/h25-34,39-41,47H,12-24,35-38,42,44-46H2,1-11H3/b34-28+,51-39+. The summed E-state index contributed by atoms with van der Waals surface area (Å²) in [6.45, 7) is 21.2. The molecule has 3 atom stereocenters. The average Bonchev–Trinajstić information content (AvgIpc) is 3.84. The van der Waals surface area contributed by atoms with E-state index in [1.54, 1.807) is 13.2 Å². The quantitative estimate of drug-likeness (QED) is 0.0143. The largest absolute Gasteiger partial charge is 0.494 e. The van der Waals surface area contributed by atoms with E-state index >= 15 is 0 Å². The van der Waals surface area contributed by atoms with Gasteiger partial charge >= 0.3 is 17.9 Å². The van der Waals surface area contributed by atoms with Gasteiger partial charge in [-0.15, -0.1) is 0 Å². The van der Waals surface area contributed by atoms with E-state index in [1.807, 2.05) is 80.6 Å². The Labute approximate surface area is 449 Å². The number of methoxy groups -OCH3 is 2. The van der Waals surface area contributed by atoms with Crippen molar-refractivity contribution in [1.82, 2.24) is 0 Å². The third kappa shape index (κ3) is 21.7. The van der Waals surface area contributed by atoms with Crippen molar-refractivity contribution in [3.8, 4) is 34.8 Å². The van der Waals surface area contributed by atoms with E-state index in [-0.39, 0.29) is 35.5 Å². The van der Waals surface area contributed by atoms with E-state index in [1.165, 1.54) is 26.0 Å². The van der Waals surface area contributed by atoms with Crippen molar-refractivity contribution in [3.05, 3.63) is 83.4 Å². The summed E-state index contributed by atoms with van der Waals surface area (Å²) in [5.74, 6) is 2.49. The van der Waals surface area contributed by atoms with Gasteiger partial charge in [-0.3, -0.25) is 9.59 Å². The molecule has 412 valence electrons. The van der Waals surface area contributed by atoms with Crippen LogP contribution < -0.4 is 23.7 Å². The van der Waals surface area contributed by atoms with Gasteiger partial charge in [-0.1, -0.05) is 112 Å². The lowest BCUT2D eigenvalue weighted by Crippen LogP contribution is -2.44. The van der Waals surface area contributed by atoms with Crippen LogP contribution >= 0.6 is 0 Å². The Hall–Kier alpha value is -5.96. The molecule has 0 saturated carbocycles. The minimum absolute atomic E-state index is 0.123. The van der Waals surface area contributed by atoms with E-state index < -0.39 is 16.8 Å². The van der Waals surface area contributed by atoms with Gasteiger partial charge in [0.1, 0.15) is 5.75 Å². The third-order valence-corrected chi connectivity index (χ3v) is 13.7. The summed E-state index contributed by atoms with van der Waals surface area (Å²) in [5, 5.41) is 9.87. The minimum atomic E-state index is -0.785. The summed E-state index contributed by atoms with van der Waals surface area (Å²) in [6.07, 6.45) is 19.9. The van der Waals surface area contributed by atoms with Crippen LogP contribution in [0.1, 0.15) is 182 Å². The van der Waals surface area contributed by atoms with Crippen LogP contribution in [-0.4, -0.2) is 65.3 Å². The second-order valence-electron chi connectivity index (χ2n) is 23.2. The molecule has 0 spiro atoms. The van der Waals surface area contributed by atoms with Crippen LogP contribution in [0.5, 0.6) is 28.7 Å². The molecular weight excluding hydrogens is 947 g/mol. The van der Waals surface area contributed by atoms with Crippen LogP contribution in [0.3, 0.4) is 0 Å². The molecule has 12 heteroatoms. The fraction of sp³-hybridized carbons (Fsp3) is 0.587. The summed E-state index contributed by atoms with van der Waals surface area (Å²) in [7, 11) is 2.97. The second-order valence-corrected chi connectivity index (χ2v) is 23.2. The van der Waals surface area contributed by atoms with Crippen molar-refractivity contribution < 1.29 is 52.3 Å². The fourth-order valence-electron chi connectivity index (χ4n) is 10.1. The molecule has 0 aromatic heterocycles. The predicted octanol–water partition coefficient (Wildman–Crippen LogP) is 15.2. The Morgan fingerprint density at radius 1 is 0.627 bits per heavy atom. The zero-order chi connectivity index (χ0) is 54.9. The maximum absolute atomic E-state index is 14.1. The smallest absolute Gasteiger partial charge is 0.330 e. The first-order valence-electron chi connectivity index (χ1n) is 27.3. The SMILES string of the molecule is COC(=O)/C=C/c1ccc(OCCCCCCOC(=O)C(C)(CC(C)(C)C)C(C)CC(C)(CC(C)(C)C)C(=O)OCCCCCCCCCCCOc2ccc(/C=C(\C#N)c3ccc4c(c3)OCO4)cc2OC)cc1. The van der Waals surface area contributed by atoms with E-state index in [0.717, 1.165) is 93.1 Å². The zero-order valence-electron chi connectivity index (χ0n) is 47.4. The highest BCUT2D eigenvalue weighted by atomic mass is 16.7. The molecule has 1 heterocycles. The molecular formula is C63H89NO11. The van der Waals surface area contributed by atoms with Gasteiger partial charge in [-0.05, 0) is 160 Å². The van der Waals surface area contributed by atoms with Crippen LogP contribution in [0.25, 0.3) is 17.7 Å². The van der Waals surface area contributed by atoms with Crippen molar-refractivity contribution in [2.75, 3.05) is 47.4 Å². The maximum atomic E-state index is 14.1. The highest BCUT2D eigenvalue weighted by Crippen LogP contribution is 2.48. The monoisotopic (exact) mass is 1040 g/mol. The summed E-state index contributed by atoms with van der Waals surface area (Å²) >= 11 is 0. The molecule has 0 fully saturated rings. The zero-order valence-corrected chi connectivity index (χ0v) is 47.4. The molecule has 0 radical (unpaired) electrons. The molecule has 3 aromatic rings. The number of hydrogen-bond donors (Lipinski definition) is 0. The van der Waals surface area contributed by atoms with Gasteiger partial charge in [-0.2, -0.15) is 5.26 Å². The first kappa shape index (κ1) is 61.6. The van der Waals surface area contributed by atoms with Crippen LogP contribution in [-0.2, 0) is 28.6 Å². The Kier molecular flexibility index (Phi) is 25.1. The predicted molar refractivity (Wildman–Crippen MR) is 298 cm³/mol. The third-order valence-electron chi connectivity index (χ3n) is 13.7. The van der Waals surface area contributed by atoms with Gasteiger partial charge in [0.05, 0.1) is 63.1 Å². The Balaban J connectivity index is 1.12. The minimum Gasteiger partial charge on any atom is -0.494 e. The van der Waals surface area contributed by atoms with Crippen LogP contribution in [0.2, 0.25) is 0 Å². The van der Waals surface area contributed by atoms with E-state index in [0.29, 0.717) is 74.3 Å². The lowest BCUT2D eigenvalue weighted by Gasteiger charge is -2.43. The number of carbonyl (C=O) groups excluding carboxylic acids is 3. The van der Waals surface area contributed by atoms with Gasteiger partial charge in [0.15, 0.2) is 23.0 Å². The Morgan fingerprint density at radius 3 is 1.75 bits per heavy atom. The number of rotatable bonds is 33. The van der Waals surface area contributed by atoms with Crippen LogP contribution in [0, 0.1) is 38.9 Å². The molecule has 0 N–H and O–H groups in total. The highest BCUT2D eigenvalue weighted by Gasteiger charge is 2.48. The molecule has 75 heavy (non-hydrogen) atoms. The summed E-state index contributed by atoms with van der Waals surface area (Å²) < 4.78 is 45.3. The van der Waals surface area contributed by atoms with E-state index in [2.05, 4.69) is 59.3 Å². The number of hydrogen-bond acceptors (Lipinski definition) is 12. The van der Waals surface area contributed by atoms with E-state index in [4.69, 9.17) is 33.2 Å². The first-order valence-corrected chi connectivity index (χ1v) is 27.3. The molecule has 1 aliphatic rings. The number of ether oxygens (including phenoxy) is 8. The van der Waals surface area contributed by atoms with Gasteiger partial charge in [0, 0.05) is 6.08 Å². The molecule has 0 amide bonds. The van der Waals surface area contributed by atoms with Crippen molar-refractivity contribution in [2.24, 2.45) is 27.6 Å². The number of esters is 3.